The van der Waals surface area contributed by atoms with Crippen LogP contribution in [0.2, 0.25) is 0 Å². The van der Waals surface area contributed by atoms with Crippen LogP contribution >= 0.6 is 0 Å². The Hall–Kier alpha value is -1.64. The first-order valence-corrected chi connectivity index (χ1v) is 9.23. The van der Waals surface area contributed by atoms with Crippen LogP contribution in [0.4, 0.5) is 0 Å². The van der Waals surface area contributed by atoms with Crippen molar-refractivity contribution in [1.29, 1.82) is 0 Å². The van der Waals surface area contributed by atoms with Gasteiger partial charge in [-0.2, -0.15) is 0 Å². The van der Waals surface area contributed by atoms with Crippen molar-refractivity contribution in [3.05, 3.63) is 71.3 Å². The fraction of sp³-hybridized carbons (Fsp3) is 0.455. The third-order valence-electron chi connectivity index (χ3n) is 5.92. The largest absolute Gasteiger partial charge is 0.385 e. The van der Waals surface area contributed by atoms with Crippen LogP contribution in [0.1, 0.15) is 48.8 Å². The van der Waals surface area contributed by atoms with Gasteiger partial charge in [0.05, 0.1) is 5.60 Å². The van der Waals surface area contributed by atoms with E-state index in [0.717, 1.165) is 24.9 Å². The first kappa shape index (κ1) is 15.9. The molecule has 0 amide bonds. The fourth-order valence-corrected chi connectivity index (χ4v) is 4.74. The Morgan fingerprint density at radius 1 is 1.00 bits per heavy atom. The minimum absolute atomic E-state index is 0.489. The van der Waals surface area contributed by atoms with Crippen molar-refractivity contribution in [2.24, 2.45) is 0 Å². The van der Waals surface area contributed by atoms with E-state index in [9.17, 15) is 5.11 Å². The van der Waals surface area contributed by atoms with E-state index in [-0.39, 0.29) is 0 Å². The van der Waals surface area contributed by atoms with E-state index >= 15 is 0 Å². The Labute approximate surface area is 145 Å². The van der Waals surface area contributed by atoms with Gasteiger partial charge in [0.2, 0.25) is 0 Å². The average molecular weight is 321 g/mol. The van der Waals surface area contributed by atoms with E-state index in [1.165, 1.54) is 30.4 Å². The lowest BCUT2D eigenvalue weighted by atomic mass is 9.72. The molecule has 0 aromatic heterocycles. The van der Waals surface area contributed by atoms with Gasteiger partial charge in [-0.25, -0.2) is 0 Å². The van der Waals surface area contributed by atoms with Gasteiger partial charge in [0, 0.05) is 18.6 Å². The monoisotopic (exact) mass is 321 g/mol. The van der Waals surface area contributed by atoms with Gasteiger partial charge >= 0.3 is 0 Å². The summed E-state index contributed by atoms with van der Waals surface area (Å²) in [7, 11) is 0. The average Bonchev–Trinajstić information content (AvgIpc) is 2.57. The summed E-state index contributed by atoms with van der Waals surface area (Å²) in [5, 5.41) is 11.4. The molecule has 2 saturated heterocycles. The van der Waals surface area contributed by atoms with Crippen LogP contribution in [0, 0.1) is 6.92 Å². The Morgan fingerprint density at radius 3 is 2.38 bits per heavy atom. The number of aliphatic hydroxyl groups is 1. The maximum atomic E-state index is 11.4. The highest BCUT2D eigenvalue weighted by molar-refractivity contribution is 5.29. The van der Waals surface area contributed by atoms with E-state index in [4.69, 9.17) is 0 Å². The molecule has 0 spiro atoms. The molecular weight excluding hydrogens is 294 g/mol. The molecule has 2 atom stereocenters. The second-order valence-corrected chi connectivity index (χ2v) is 7.71. The molecule has 0 aliphatic carbocycles. The summed E-state index contributed by atoms with van der Waals surface area (Å²) in [6.07, 6.45) is 5.43. The second-order valence-electron chi connectivity index (χ2n) is 7.71. The number of piperidine rings is 2. The summed E-state index contributed by atoms with van der Waals surface area (Å²) in [4.78, 5) is 2.66. The lowest BCUT2D eigenvalue weighted by Crippen LogP contribution is -2.56. The van der Waals surface area contributed by atoms with Crippen molar-refractivity contribution in [3.63, 3.8) is 0 Å². The van der Waals surface area contributed by atoms with Crippen molar-refractivity contribution in [2.45, 2.75) is 63.3 Å². The molecule has 2 unspecified atom stereocenters. The lowest BCUT2D eigenvalue weighted by Gasteiger charge is -2.52. The lowest BCUT2D eigenvalue weighted by molar-refractivity contribution is -0.0999. The highest BCUT2D eigenvalue weighted by Crippen LogP contribution is 2.44. The number of aryl methyl sites for hydroxylation is 1. The Morgan fingerprint density at radius 2 is 1.71 bits per heavy atom. The van der Waals surface area contributed by atoms with Gasteiger partial charge in [-0.3, -0.25) is 4.90 Å². The fourth-order valence-electron chi connectivity index (χ4n) is 4.74. The molecule has 2 aromatic rings. The molecule has 126 valence electrons. The second kappa shape index (κ2) is 6.34. The molecule has 2 fully saturated rings. The van der Waals surface area contributed by atoms with E-state index in [1.807, 2.05) is 0 Å². The van der Waals surface area contributed by atoms with Gasteiger partial charge in [-0.1, -0.05) is 66.6 Å². The minimum atomic E-state index is -0.658. The van der Waals surface area contributed by atoms with E-state index in [2.05, 4.69) is 66.4 Å². The summed E-state index contributed by atoms with van der Waals surface area (Å²) >= 11 is 0. The maximum absolute atomic E-state index is 11.4. The highest BCUT2D eigenvalue weighted by Gasteiger charge is 2.46. The topological polar surface area (TPSA) is 23.5 Å². The van der Waals surface area contributed by atoms with Gasteiger partial charge in [-0.05, 0) is 43.7 Å². The quantitative estimate of drug-likeness (QED) is 0.906. The van der Waals surface area contributed by atoms with Crippen LogP contribution in [0.3, 0.4) is 0 Å². The molecule has 2 heteroatoms. The summed E-state index contributed by atoms with van der Waals surface area (Å²) < 4.78 is 0. The van der Waals surface area contributed by atoms with Crippen LogP contribution in [-0.4, -0.2) is 22.1 Å². The van der Waals surface area contributed by atoms with Gasteiger partial charge in [-0.15, -0.1) is 0 Å². The third kappa shape index (κ3) is 3.01. The predicted octanol–water partition coefficient (Wildman–Crippen LogP) is 4.40. The van der Waals surface area contributed by atoms with Gasteiger partial charge in [0.1, 0.15) is 0 Å². The standard InChI is InChI=1S/C22H27NO/c1-17-7-5-10-19(13-17)22(24)14-20-11-6-12-21(15-22)23(20)16-18-8-3-2-4-9-18/h2-5,7-10,13,20-21,24H,6,11-12,14-16H2,1H3. The minimum Gasteiger partial charge on any atom is -0.385 e. The molecular formula is C22H27NO. The molecule has 0 saturated carbocycles. The molecule has 2 aromatic carbocycles. The zero-order valence-electron chi connectivity index (χ0n) is 14.5. The van der Waals surface area contributed by atoms with Gasteiger partial charge < -0.3 is 5.11 Å². The van der Waals surface area contributed by atoms with Crippen LogP contribution < -0.4 is 0 Å². The number of hydrogen-bond acceptors (Lipinski definition) is 2. The van der Waals surface area contributed by atoms with Crippen LogP contribution in [-0.2, 0) is 12.1 Å². The zero-order valence-corrected chi connectivity index (χ0v) is 14.5. The van der Waals surface area contributed by atoms with E-state index < -0.39 is 5.60 Å². The molecule has 2 aliphatic rings. The van der Waals surface area contributed by atoms with Crippen molar-refractivity contribution in [2.75, 3.05) is 0 Å². The zero-order chi connectivity index (χ0) is 16.6. The highest BCUT2D eigenvalue weighted by atomic mass is 16.3. The predicted molar refractivity (Wildman–Crippen MR) is 97.7 cm³/mol. The SMILES string of the molecule is Cc1cccc(C2(O)CC3CCCC(C2)N3Cc2ccccc2)c1. The van der Waals surface area contributed by atoms with Gasteiger partial charge in [0.25, 0.3) is 0 Å². The van der Waals surface area contributed by atoms with Crippen molar-refractivity contribution >= 4 is 0 Å². The molecule has 2 heterocycles. The number of fused-ring (bicyclic) bond motifs is 2. The van der Waals surface area contributed by atoms with Crippen LogP contribution in [0.15, 0.2) is 54.6 Å². The van der Waals surface area contributed by atoms with Gasteiger partial charge in [0.15, 0.2) is 0 Å². The summed E-state index contributed by atoms with van der Waals surface area (Å²) in [6.45, 7) is 3.12. The number of benzene rings is 2. The van der Waals surface area contributed by atoms with Crippen molar-refractivity contribution in [3.8, 4) is 0 Å². The Kier molecular flexibility index (Phi) is 4.19. The smallest absolute Gasteiger partial charge is 0.0926 e. The first-order chi connectivity index (χ1) is 11.6. The molecule has 2 nitrogen and oxygen atoms in total. The van der Waals surface area contributed by atoms with Crippen molar-refractivity contribution < 1.29 is 5.11 Å². The maximum Gasteiger partial charge on any atom is 0.0926 e. The van der Waals surface area contributed by atoms with E-state index in [1.54, 1.807) is 0 Å². The summed E-state index contributed by atoms with van der Waals surface area (Å²) in [6, 6.07) is 20.2. The number of rotatable bonds is 3. The Bertz CT molecular complexity index is 682. The summed E-state index contributed by atoms with van der Waals surface area (Å²) in [5.74, 6) is 0. The van der Waals surface area contributed by atoms with E-state index in [0.29, 0.717) is 12.1 Å². The van der Waals surface area contributed by atoms with Crippen LogP contribution in [0.5, 0.6) is 0 Å². The first-order valence-electron chi connectivity index (χ1n) is 9.23. The molecule has 2 aliphatic heterocycles. The number of hydrogen-bond donors (Lipinski definition) is 1. The Balaban J connectivity index is 1.58. The third-order valence-corrected chi connectivity index (χ3v) is 5.92. The normalized spacial score (nSPS) is 30.2. The molecule has 1 N–H and O–H groups in total. The molecule has 4 rings (SSSR count). The van der Waals surface area contributed by atoms with Crippen LogP contribution in [0.25, 0.3) is 0 Å². The van der Waals surface area contributed by atoms with Crippen molar-refractivity contribution in [1.82, 2.24) is 4.90 Å². The molecule has 2 bridgehead atoms. The summed E-state index contributed by atoms with van der Waals surface area (Å²) in [5.41, 5.74) is 3.07. The molecule has 0 radical (unpaired) electrons. The number of nitrogens with zero attached hydrogens (tertiary/aromatic N) is 1. The molecule has 24 heavy (non-hydrogen) atoms.